The lowest BCUT2D eigenvalue weighted by Crippen LogP contribution is -2.26. The molecule has 4 heteroatoms. The van der Waals surface area contributed by atoms with E-state index in [1.54, 1.807) is 17.3 Å². The van der Waals surface area contributed by atoms with E-state index in [-0.39, 0.29) is 17.5 Å². The van der Waals surface area contributed by atoms with Crippen LogP contribution in [0.3, 0.4) is 0 Å². The number of benzene rings is 1. The Morgan fingerprint density at radius 1 is 1.09 bits per heavy atom. The van der Waals surface area contributed by atoms with Crippen LogP contribution in [-0.4, -0.2) is 35.5 Å². The third-order valence-electron chi connectivity index (χ3n) is 3.97. The highest BCUT2D eigenvalue weighted by atomic mass is 16.1. The van der Waals surface area contributed by atoms with E-state index in [9.17, 15) is 9.59 Å². The Hall–Kier alpha value is -2.49. The summed E-state index contributed by atoms with van der Waals surface area (Å²) < 4.78 is 0. The molecule has 0 unspecified atom stereocenters. The van der Waals surface area contributed by atoms with Crippen molar-refractivity contribution in [3.05, 3.63) is 53.9 Å². The van der Waals surface area contributed by atoms with Gasteiger partial charge < -0.3 is 4.90 Å². The number of para-hydroxylation sites is 1. The van der Waals surface area contributed by atoms with E-state index in [4.69, 9.17) is 0 Å². The van der Waals surface area contributed by atoms with E-state index in [1.807, 2.05) is 44.4 Å². The van der Waals surface area contributed by atoms with Gasteiger partial charge in [0.25, 0.3) is 0 Å². The maximum Gasteiger partial charge on any atom is 0.168 e. The summed E-state index contributed by atoms with van der Waals surface area (Å²) in [6.45, 7) is 0. The Balaban J connectivity index is 1.97. The molecule has 4 nitrogen and oxygen atoms in total. The van der Waals surface area contributed by atoms with Gasteiger partial charge in [-0.2, -0.15) is 0 Å². The van der Waals surface area contributed by atoms with Gasteiger partial charge in [0.05, 0.1) is 11.1 Å². The first kappa shape index (κ1) is 14.4. The van der Waals surface area contributed by atoms with Gasteiger partial charge in [0, 0.05) is 44.7 Å². The van der Waals surface area contributed by atoms with Crippen molar-refractivity contribution in [1.29, 1.82) is 0 Å². The fourth-order valence-electron chi connectivity index (χ4n) is 2.99. The van der Waals surface area contributed by atoms with E-state index in [0.717, 1.165) is 16.5 Å². The summed E-state index contributed by atoms with van der Waals surface area (Å²) in [7, 11) is 3.63. The minimum atomic E-state index is -0.0733. The minimum Gasteiger partial charge on any atom is -0.383 e. The summed E-state index contributed by atoms with van der Waals surface area (Å²) in [5.74, 6) is -0.209. The topological polar surface area (TPSA) is 50.3 Å². The predicted molar refractivity (Wildman–Crippen MR) is 85.5 cm³/mol. The molecular weight excluding hydrogens is 276 g/mol. The first-order valence-corrected chi connectivity index (χ1v) is 7.34. The molecule has 1 aromatic carbocycles. The Bertz CT molecular complexity index is 752. The lowest BCUT2D eigenvalue weighted by Gasteiger charge is -2.24. The Labute approximate surface area is 129 Å². The zero-order chi connectivity index (χ0) is 15.7. The van der Waals surface area contributed by atoms with Crippen molar-refractivity contribution in [2.24, 2.45) is 0 Å². The van der Waals surface area contributed by atoms with Crippen LogP contribution in [0.15, 0.2) is 48.3 Å². The van der Waals surface area contributed by atoms with Crippen LogP contribution in [0.5, 0.6) is 0 Å². The summed E-state index contributed by atoms with van der Waals surface area (Å²) in [5.41, 5.74) is 2.25. The number of hydrogen-bond donors (Lipinski definition) is 0. The molecule has 0 atom stereocenters. The highest BCUT2D eigenvalue weighted by Gasteiger charge is 2.32. The molecule has 1 aliphatic rings. The van der Waals surface area contributed by atoms with Crippen molar-refractivity contribution >= 4 is 22.5 Å². The van der Waals surface area contributed by atoms with Crippen LogP contribution in [-0.2, 0) is 9.59 Å². The number of ketones is 2. The molecule has 1 saturated carbocycles. The Morgan fingerprint density at radius 3 is 2.45 bits per heavy atom. The normalized spacial score (nSPS) is 18.6. The van der Waals surface area contributed by atoms with E-state index in [0.29, 0.717) is 18.4 Å². The van der Waals surface area contributed by atoms with Crippen LogP contribution < -0.4 is 0 Å². The van der Waals surface area contributed by atoms with Crippen LogP contribution in [0.4, 0.5) is 0 Å². The van der Waals surface area contributed by atoms with Gasteiger partial charge >= 0.3 is 0 Å². The van der Waals surface area contributed by atoms with Gasteiger partial charge in [-0.05, 0) is 23.6 Å². The van der Waals surface area contributed by atoms with E-state index < -0.39 is 0 Å². The molecule has 3 rings (SSSR count). The molecule has 1 aromatic heterocycles. The summed E-state index contributed by atoms with van der Waals surface area (Å²) in [5, 5.41) is 1.02. The second-order valence-electron chi connectivity index (χ2n) is 5.88. The summed E-state index contributed by atoms with van der Waals surface area (Å²) in [6.07, 6.45) is 4.13. The maximum atomic E-state index is 12.3. The molecule has 0 spiro atoms. The smallest absolute Gasteiger partial charge is 0.168 e. The summed E-state index contributed by atoms with van der Waals surface area (Å²) in [4.78, 5) is 30.7. The highest BCUT2D eigenvalue weighted by molar-refractivity contribution is 6.22. The fourth-order valence-corrected chi connectivity index (χ4v) is 2.99. The van der Waals surface area contributed by atoms with Crippen LogP contribution in [0.25, 0.3) is 10.9 Å². The average molecular weight is 294 g/mol. The molecule has 22 heavy (non-hydrogen) atoms. The van der Waals surface area contributed by atoms with Crippen molar-refractivity contribution in [2.45, 2.75) is 18.8 Å². The Morgan fingerprint density at radius 2 is 1.77 bits per heavy atom. The standard InChI is InChI=1S/C18H18N2O2/c1-20(2)11-15-17(21)9-12(10-18(15)22)13-7-8-19-16-6-4-3-5-14(13)16/h3-8,11-12H,9-10H2,1-2H3. The van der Waals surface area contributed by atoms with Crippen molar-refractivity contribution < 1.29 is 9.59 Å². The molecule has 1 aliphatic carbocycles. The van der Waals surface area contributed by atoms with Gasteiger partial charge in [0.1, 0.15) is 0 Å². The van der Waals surface area contributed by atoms with Gasteiger partial charge in [-0.15, -0.1) is 0 Å². The third kappa shape index (κ3) is 2.64. The Kier molecular flexibility index (Phi) is 3.75. The zero-order valence-corrected chi connectivity index (χ0v) is 12.7. The molecule has 0 N–H and O–H groups in total. The third-order valence-corrected chi connectivity index (χ3v) is 3.97. The second-order valence-corrected chi connectivity index (χ2v) is 5.88. The lowest BCUT2D eigenvalue weighted by atomic mass is 9.79. The summed E-state index contributed by atoms with van der Waals surface area (Å²) in [6, 6.07) is 9.76. The molecule has 0 saturated heterocycles. The van der Waals surface area contributed by atoms with Crippen LogP contribution in [0, 0.1) is 0 Å². The largest absolute Gasteiger partial charge is 0.383 e. The average Bonchev–Trinajstić information content (AvgIpc) is 2.50. The molecule has 0 radical (unpaired) electrons. The number of carbonyl (C=O) groups excluding carboxylic acids is 2. The number of hydrogen-bond acceptors (Lipinski definition) is 4. The number of fused-ring (bicyclic) bond motifs is 1. The van der Waals surface area contributed by atoms with Crippen molar-refractivity contribution in [2.75, 3.05) is 14.1 Å². The molecule has 112 valence electrons. The van der Waals surface area contributed by atoms with Gasteiger partial charge in [0.2, 0.25) is 0 Å². The SMILES string of the molecule is CN(C)C=C1C(=O)CC(c2ccnc3ccccc23)CC1=O. The maximum absolute atomic E-state index is 12.3. The van der Waals surface area contributed by atoms with E-state index >= 15 is 0 Å². The molecular formula is C18H18N2O2. The zero-order valence-electron chi connectivity index (χ0n) is 12.7. The second kappa shape index (κ2) is 5.72. The number of rotatable bonds is 2. The number of pyridine rings is 1. The number of carbonyl (C=O) groups is 2. The monoisotopic (exact) mass is 294 g/mol. The lowest BCUT2D eigenvalue weighted by molar-refractivity contribution is -0.124. The molecule has 1 fully saturated rings. The highest BCUT2D eigenvalue weighted by Crippen LogP contribution is 2.34. The first-order chi connectivity index (χ1) is 10.6. The minimum absolute atomic E-state index is 0.0628. The molecule has 0 bridgehead atoms. The number of aromatic nitrogens is 1. The van der Waals surface area contributed by atoms with E-state index in [1.165, 1.54) is 0 Å². The van der Waals surface area contributed by atoms with Gasteiger partial charge in [0.15, 0.2) is 11.6 Å². The number of allylic oxidation sites excluding steroid dienone is 1. The molecule has 1 heterocycles. The fraction of sp³-hybridized carbons (Fsp3) is 0.278. The van der Waals surface area contributed by atoms with Crippen molar-refractivity contribution in [3.63, 3.8) is 0 Å². The predicted octanol–water partition coefficient (Wildman–Crippen LogP) is 2.70. The van der Waals surface area contributed by atoms with Crippen LogP contribution in [0.1, 0.15) is 24.3 Å². The van der Waals surface area contributed by atoms with Gasteiger partial charge in [-0.3, -0.25) is 14.6 Å². The molecule has 2 aromatic rings. The number of nitrogens with zero attached hydrogens (tertiary/aromatic N) is 2. The van der Waals surface area contributed by atoms with Crippen molar-refractivity contribution in [1.82, 2.24) is 9.88 Å². The molecule has 0 aliphatic heterocycles. The first-order valence-electron chi connectivity index (χ1n) is 7.34. The van der Waals surface area contributed by atoms with Crippen molar-refractivity contribution in [3.8, 4) is 0 Å². The van der Waals surface area contributed by atoms with Gasteiger partial charge in [-0.25, -0.2) is 0 Å². The van der Waals surface area contributed by atoms with E-state index in [2.05, 4.69) is 4.98 Å². The van der Waals surface area contributed by atoms with Gasteiger partial charge in [-0.1, -0.05) is 18.2 Å². The quantitative estimate of drug-likeness (QED) is 0.631. The summed E-state index contributed by atoms with van der Waals surface area (Å²) >= 11 is 0. The van der Waals surface area contributed by atoms with Crippen LogP contribution >= 0.6 is 0 Å². The molecule has 0 amide bonds. The number of Topliss-reactive ketones (excluding diaryl/α,β-unsaturated/α-hetero) is 2. The van der Waals surface area contributed by atoms with Crippen LogP contribution in [0.2, 0.25) is 0 Å².